The molecule has 8 heteroatoms. The molecule has 0 radical (unpaired) electrons. The van der Waals surface area contributed by atoms with Gasteiger partial charge in [0.1, 0.15) is 12.7 Å². The van der Waals surface area contributed by atoms with Crippen LogP contribution in [0.4, 0.5) is 0 Å². The number of carbonyl (C=O) groups excluding carboxylic acids is 1. The number of hydrogen-bond acceptors (Lipinski definition) is 8. The van der Waals surface area contributed by atoms with Gasteiger partial charge in [0.25, 0.3) is 0 Å². The minimum Gasteiger partial charge on any atom is -0.458 e. The molecule has 2 heterocycles. The van der Waals surface area contributed by atoms with Crippen molar-refractivity contribution < 1.29 is 39.4 Å². The fraction of sp³-hybridized carbons (Fsp3) is 0.897. The van der Waals surface area contributed by atoms with E-state index in [-0.39, 0.29) is 48.3 Å². The van der Waals surface area contributed by atoms with Gasteiger partial charge < -0.3 is 34.6 Å². The Balaban J connectivity index is 1.18. The third kappa shape index (κ3) is 3.80. The Morgan fingerprint density at radius 2 is 1.78 bits per heavy atom. The van der Waals surface area contributed by atoms with Crippen LogP contribution in [0.5, 0.6) is 0 Å². The summed E-state index contributed by atoms with van der Waals surface area (Å²) in [6, 6.07) is 0. The topological polar surface area (TPSA) is 126 Å². The number of cyclic esters (lactones) is 1. The summed E-state index contributed by atoms with van der Waals surface area (Å²) < 4.78 is 17.4. The van der Waals surface area contributed by atoms with Gasteiger partial charge in [0.05, 0.1) is 30.0 Å². The van der Waals surface area contributed by atoms with Gasteiger partial charge in [-0.25, -0.2) is 4.79 Å². The molecule has 4 aliphatic carbocycles. The summed E-state index contributed by atoms with van der Waals surface area (Å²) in [7, 11) is 0. The summed E-state index contributed by atoms with van der Waals surface area (Å²) in [5.74, 6) is 0.439. The molecule has 0 bridgehead atoms. The third-order valence-electron chi connectivity index (χ3n) is 12.0. The monoisotopic (exact) mass is 520 g/mol. The first-order chi connectivity index (χ1) is 17.5. The lowest BCUT2D eigenvalue weighted by Crippen LogP contribution is -2.67. The fourth-order valence-electron chi connectivity index (χ4n) is 9.80. The molecule has 4 N–H and O–H groups in total. The van der Waals surface area contributed by atoms with Crippen molar-refractivity contribution in [3.05, 3.63) is 11.6 Å². The molecule has 8 nitrogen and oxygen atoms in total. The van der Waals surface area contributed by atoms with E-state index < -0.39 is 41.7 Å². The first kappa shape index (κ1) is 26.2. The number of hydrogen-bond donors (Lipinski definition) is 4. The molecule has 2 aliphatic heterocycles. The molecule has 0 aromatic rings. The van der Waals surface area contributed by atoms with E-state index in [1.165, 1.54) is 0 Å². The van der Waals surface area contributed by atoms with Crippen LogP contribution in [0, 0.1) is 34.5 Å². The predicted molar refractivity (Wildman–Crippen MR) is 133 cm³/mol. The highest BCUT2D eigenvalue weighted by Crippen LogP contribution is 2.70. The van der Waals surface area contributed by atoms with E-state index in [0.717, 1.165) is 44.1 Å². The standard InChI is InChI=1S/C29H44O8/c1-15-26(33)22(30)13-25(36-15)37-18-6-8-27(2)17(11-18)4-5-20-21(27)12-23(31)28(3)19(7-9-29(20,28)34)16-10-24(32)35-14-16/h10,15,17-23,25-26,30-31,33-34H,4-9,11-14H2,1-3H3/t15-,17-,18+,19-,20-,21+,22+,23-,25+,26-,27+,28+,29+/m1/s1. The van der Waals surface area contributed by atoms with Gasteiger partial charge in [-0.1, -0.05) is 13.8 Å². The lowest BCUT2D eigenvalue weighted by Gasteiger charge is -2.65. The summed E-state index contributed by atoms with van der Waals surface area (Å²) in [5, 5.41) is 44.2. The summed E-state index contributed by atoms with van der Waals surface area (Å²) >= 11 is 0. The lowest BCUT2D eigenvalue weighted by atomic mass is 9.42. The van der Waals surface area contributed by atoms with Crippen molar-refractivity contribution in [1.82, 2.24) is 0 Å². The van der Waals surface area contributed by atoms with Gasteiger partial charge in [-0.2, -0.15) is 0 Å². The smallest absolute Gasteiger partial charge is 0.331 e. The van der Waals surface area contributed by atoms with Crippen molar-refractivity contribution in [2.75, 3.05) is 6.61 Å². The van der Waals surface area contributed by atoms with Crippen molar-refractivity contribution >= 4 is 5.97 Å². The van der Waals surface area contributed by atoms with Crippen LogP contribution in [0.3, 0.4) is 0 Å². The molecule has 0 spiro atoms. The lowest BCUT2D eigenvalue weighted by molar-refractivity contribution is -0.274. The SMILES string of the molecule is C[C@H]1O[C@@H](O[C@H]2CC[C@@]3(C)[C@H](CC[C@@H]4[C@@H]3C[C@@H](O)[C@]3(C)[C@@H](C5=CC(=O)OC5)CC[C@]43O)C2)C[C@H](O)[C@@H]1O. The normalized spacial score (nSPS) is 55.6. The summed E-state index contributed by atoms with van der Waals surface area (Å²) in [4.78, 5) is 11.8. The Morgan fingerprint density at radius 1 is 1.00 bits per heavy atom. The van der Waals surface area contributed by atoms with Crippen molar-refractivity contribution in [2.24, 2.45) is 34.5 Å². The van der Waals surface area contributed by atoms with Crippen molar-refractivity contribution in [2.45, 2.75) is 121 Å². The minimum absolute atomic E-state index is 0.0149. The van der Waals surface area contributed by atoms with E-state index in [1.807, 2.05) is 6.92 Å². The molecular formula is C29H44O8. The number of carbonyl (C=O) groups is 1. The molecule has 208 valence electrons. The van der Waals surface area contributed by atoms with Gasteiger partial charge in [-0.15, -0.1) is 0 Å². The van der Waals surface area contributed by atoms with Gasteiger partial charge in [-0.3, -0.25) is 0 Å². The number of aliphatic hydroxyl groups excluding tert-OH is 3. The van der Waals surface area contributed by atoms with Crippen molar-refractivity contribution in [3.8, 4) is 0 Å². The molecule has 4 saturated carbocycles. The highest BCUT2D eigenvalue weighted by atomic mass is 16.7. The molecule has 6 rings (SSSR count). The molecule has 0 unspecified atom stereocenters. The van der Waals surface area contributed by atoms with Crippen LogP contribution in [0.2, 0.25) is 0 Å². The molecule has 1 saturated heterocycles. The fourth-order valence-corrected chi connectivity index (χ4v) is 9.80. The molecule has 5 fully saturated rings. The van der Waals surface area contributed by atoms with E-state index in [4.69, 9.17) is 14.2 Å². The Bertz CT molecular complexity index is 940. The van der Waals surface area contributed by atoms with Crippen LogP contribution >= 0.6 is 0 Å². The Labute approximate surface area is 219 Å². The highest BCUT2D eigenvalue weighted by molar-refractivity contribution is 5.85. The number of ether oxygens (including phenoxy) is 3. The van der Waals surface area contributed by atoms with Crippen molar-refractivity contribution in [3.63, 3.8) is 0 Å². The molecule has 0 aromatic heterocycles. The van der Waals surface area contributed by atoms with Crippen LogP contribution in [0.25, 0.3) is 0 Å². The first-order valence-corrected chi connectivity index (χ1v) is 14.4. The molecule has 6 aliphatic rings. The quantitative estimate of drug-likeness (QED) is 0.330. The van der Waals surface area contributed by atoms with Crippen molar-refractivity contribution in [1.29, 1.82) is 0 Å². The molecule has 0 aromatic carbocycles. The predicted octanol–water partition coefficient (Wildman–Crippen LogP) is 2.46. The minimum atomic E-state index is -0.961. The largest absolute Gasteiger partial charge is 0.458 e. The molecular weight excluding hydrogens is 476 g/mol. The van der Waals surface area contributed by atoms with Gasteiger partial charge in [0.2, 0.25) is 0 Å². The van der Waals surface area contributed by atoms with Crippen LogP contribution < -0.4 is 0 Å². The maximum Gasteiger partial charge on any atom is 0.331 e. The zero-order valence-corrected chi connectivity index (χ0v) is 22.3. The average molecular weight is 521 g/mol. The van der Waals surface area contributed by atoms with Crippen LogP contribution in [-0.4, -0.2) is 75.4 Å². The summed E-state index contributed by atoms with van der Waals surface area (Å²) in [6.45, 7) is 6.44. The third-order valence-corrected chi connectivity index (χ3v) is 12.0. The number of fused-ring (bicyclic) bond motifs is 5. The van der Waals surface area contributed by atoms with Crippen LogP contribution in [0.15, 0.2) is 11.6 Å². The Hall–Kier alpha value is -1.03. The number of aliphatic hydroxyl groups is 4. The zero-order valence-electron chi connectivity index (χ0n) is 22.3. The van der Waals surface area contributed by atoms with Gasteiger partial charge in [0.15, 0.2) is 6.29 Å². The zero-order chi connectivity index (χ0) is 26.3. The van der Waals surface area contributed by atoms with E-state index in [0.29, 0.717) is 18.8 Å². The van der Waals surface area contributed by atoms with E-state index in [9.17, 15) is 25.2 Å². The van der Waals surface area contributed by atoms with Crippen LogP contribution in [0.1, 0.15) is 78.6 Å². The second kappa shape index (κ2) is 9.00. The molecule has 0 amide bonds. The van der Waals surface area contributed by atoms with Gasteiger partial charge >= 0.3 is 5.97 Å². The molecule has 13 atom stereocenters. The second-order valence-electron chi connectivity index (χ2n) is 13.5. The maximum atomic E-state index is 12.4. The van der Waals surface area contributed by atoms with Crippen LogP contribution in [-0.2, 0) is 19.0 Å². The molecule has 37 heavy (non-hydrogen) atoms. The van der Waals surface area contributed by atoms with E-state index in [2.05, 4.69) is 6.92 Å². The Kier molecular flexibility index (Phi) is 6.37. The maximum absolute atomic E-state index is 12.4. The second-order valence-corrected chi connectivity index (χ2v) is 13.5. The van der Waals surface area contributed by atoms with Gasteiger partial charge in [0, 0.05) is 17.9 Å². The van der Waals surface area contributed by atoms with E-state index in [1.54, 1.807) is 13.0 Å². The average Bonchev–Trinajstić information content (AvgIpc) is 3.39. The van der Waals surface area contributed by atoms with E-state index >= 15 is 0 Å². The van der Waals surface area contributed by atoms with Gasteiger partial charge in [-0.05, 0) is 93.0 Å². The summed E-state index contributed by atoms with van der Waals surface area (Å²) in [6.07, 6.45) is 5.37. The highest BCUT2D eigenvalue weighted by Gasteiger charge is 2.70. The number of rotatable bonds is 3. The Morgan fingerprint density at radius 3 is 2.49 bits per heavy atom. The number of esters is 1. The first-order valence-electron chi connectivity index (χ1n) is 14.4. The summed E-state index contributed by atoms with van der Waals surface area (Å²) in [5.41, 5.74) is -0.703.